The number of nitrogens with one attached hydrogen (secondary N) is 1. The summed E-state index contributed by atoms with van der Waals surface area (Å²) in [4.78, 5) is 30.3. The lowest BCUT2D eigenvalue weighted by Crippen LogP contribution is -2.38. The molecule has 2 atom stereocenters. The zero-order chi connectivity index (χ0) is 29.1. The molecule has 0 bridgehead atoms. The first-order valence-corrected chi connectivity index (χ1v) is 13.5. The molecular formula is C28H29F5N6O2. The number of likely N-dealkylation sites (tertiary alicyclic amines) is 1. The lowest BCUT2D eigenvalue weighted by Gasteiger charge is -2.33. The summed E-state index contributed by atoms with van der Waals surface area (Å²) >= 11 is 0. The number of carbonyl (C=O) groups excluding carboxylic acids is 2. The molecule has 0 spiro atoms. The quantitative estimate of drug-likeness (QED) is 0.313. The molecule has 2 aliphatic rings. The van der Waals surface area contributed by atoms with E-state index < -0.39 is 36.1 Å². The Labute approximate surface area is 233 Å². The van der Waals surface area contributed by atoms with Crippen molar-refractivity contribution in [2.24, 2.45) is 0 Å². The number of hydrogen-bond acceptors (Lipinski definition) is 5. The van der Waals surface area contributed by atoms with Gasteiger partial charge in [0.1, 0.15) is 23.9 Å². The van der Waals surface area contributed by atoms with Crippen LogP contribution in [0.4, 0.5) is 27.8 Å². The highest BCUT2D eigenvalue weighted by Gasteiger charge is 2.37. The molecule has 218 valence electrons. The first kappa shape index (κ1) is 28.6. The molecule has 2 aliphatic heterocycles. The Morgan fingerprint density at radius 2 is 1.76 bits per heavy atom. The normalized spacial score (nSPS) is 19.9. The SMILES string of the molecule is O=CNc1ncccc1C1CCN(C(=O)CC2CCC(c3cccc(F)c3F)Cn3c(CC(F)(F)F)nnc32)CC1. The molecule has 5 rings (SSSR count). The Hall–Kier alpha value is -3.90. The number of fused-ring (bicyclic) bond motifs is 1. The van der Waals surface area contributed by atoms with Crippen LogP contribution in [0.1, 0.15) is 72.6 Å². The van der Waals surface area contributed by atoms with Crippen LogP contribution in [0.2, 0.25) is 0 Å². The van der Waals surface area contributed by atoms with Crippen molar-refractivity contribution >= 4 is 18.1 Å². The summed E-state index contributed by atoms with van der Waals surface area (Å²) in [6, 6.07) is 7.49. The molecule has 4 heterocycles. The van der Waals surface area contributed by atoms with Crippen molar-refractivity contribution in [3.8, 4) is 0 Å². The molecule has 41 heavy (non-hydrogen) atoms. The summed E-state index contributed by atoms with van der Waals surface area (Å²) in [5.74, 6) is -2.82. The van der Waals surface area contributed by atoms with E-state index in [1.54, 1.807) is 17.2 Å². The van der Waals surface area contributed by atoms with Crippen LogP contribution < -0.4 is 5.32 Å². The van der Waals surface area contributed by atoms with Crippen molar-refractivity contribution in [3.63, 3.8) is 0 Å². The Morgan fingerprint density at radius 1 is 1.00 bits per heavy atom. The maximum Gasteiger partial charge on any atom is 0.396 e. The number of rotatable bonds is 7. The Morgan fingerprint density at radius 3 is 2.49 bits per heavy atom. The highest BCUT2D eigenvalue weighted by Crippen LogP contribution is 2.39. The van der Waals surface area contributed by atoms with Gasteiger partial charge in [0.15, 0.2) is 11.6 Å². The fourth-order valence-electron chi connectivity index (χ4n) is 5.99. The van der Waals surface area contributed by atoms with Gasteiger partial charge in [-0.05, 0) is 54.9 Å². The smallest absolute Gasteiger partial charge is 0.343 e. The summed E-state index contributed by atoms with van der Waals surface area (Å²) in [7, 11) is 0. The van der Waals surface area contributed by atoms with Gasteiger partial charge in [0.25, 0.3) is 0 Å². The Bertz CT molecular complexity index is 1400. The Kier molecular flexibility index (Phi) is 8.32. The summed E-state index contributed by atoms with van der Waals surface area (Å²) in [6.45, 7) is 0.885. The zero-order valence-corrected chi connectivity index (χ0v) is 22.1. The van der Waals surface area contributed by atoms with Gasteiger partial charge in [-0.3, -0.25) is 9.59 Å². The summed E-state index contributed by atoms with van der Waals surface area (Å²) in [5, 5.41) is 10.5. The number of benzene rings is 1. The molecule has 8 nitrogen and oxygen atoms in total. The van der Waals surface area contributed by atoms with Crippen LogP contribution in [-0.4, -0.2) is 56.2 Å². The van der Waals surface area contributed by atoms with Crippen molar-refractivity contribution in [1.82, 2.24) is 24.6 Å². The maximum absolute atomic E-state index is 14.7. The minimum atomic E-state index is -4.54. The third-order valence-corrected chi connectivity index (χ3v) is 8.01. The largest absolute Gasteiger partial charge is 0.396 e. The van der Waals surface area contributed by atoms with Crippen LogP contribution in [-0.2, 0) is 22.6 Å². The van der Waals surface area contributed by atoms with Gasteiger partial charge in [-0.25, -0.2) is 13.8 Å². The van der Waals surface area contributed by atoms with Crippen molar-refractivity contribution < 1.29 is 31.5 Å². The van der Waals surface area contributed by atoms with Crippen molar-refractivity contribution in [3.05, 3.63) is 70.9 Å². The molecule has 0 aliphatic carbocycles. The predicted molar refractivity (Wildman–Crippen MR) is 138 cm³/mol. The van der Waals surface area contributed by atoms with E-state index in [9.17, 15) is 31.5 Å². The van der Waals surface area contributed by atoms with Gasteiger partial charge in [0.05, 0.1) is 0 Å². The molecule has 1 aromatic carbocycles. The van der Waals surface area contributed by atoms with E-state index in [0.29, 0.717) is 51.0 Å². The second-order valence-corrected chi connectivity index (χ2v) is 10.6. The van der Waals surface area contributed by atoms with Crippen LogP contribution in [0.25, 0.3) is 0 Å². The molecule has 13 heteroatoms. The van der Waals surface area contributed by atoms with Crippen LogP contribution in [0.5, 0.6) is 0 Å². The molecular weight excluding hydrogens is 547 g/mol. The van der Waals surface area contributed by atoms with E-state index in [0.717, 1.165) is 11.6 Å². The first-order chi connectivity index (χ1) is 19.6. The summed E-state index contributed by atoms with van der Waals surface area (Å²) in [6.07, 6.45) is -1.69. The molecule has 2 unspecified atom stereocenters. The number of amides is 2. The number of hydrogen-bond donors (Lipinski definition) is 1. The van der Waals surface area contributed by atoms with Crippen LogP contribution >= 0.6 is 0 Å². The van der Waals surface area contributed by atoms with E-state index >= 15 is 0 Å². The first-order valence-electron chi connectivity index (χ1n) is 13.5. The van der Waals surface area contributed by atoms with E-state index in [1.807, 2.05) is 6.07 Å². The molecule has 2 amide bonds. The molecule has 0 saturated carbocycles. The van der Waals surface area contributed by atoms with Crippen LogP contribution in [0.3, 0.4) is 0 Å². The van der Waals surface area contributed by atoms with E-state index in [2.05, 4.69) is 20.5 Å². The fourth-order valence-corrected chi connectivity index (χ4v) is 5.99. The van der Waals surface area contributed by atoms with Crippen LogP contribution in [0, 0.1) is 11.6 Å². The highest BCUT2D eigenvalue weighted by molar-refractivity contribution is 5.77. The molecule has 1 fully saturated rings. The number of nitrogens with zero attached hydrogens (tertiary/aromatic N) is 5. The zero-order valence-electron chi connectivity index (χ0n) is 22.1. The second-order valence-electron chi connectivity index (χ2n) is 10.6. The lowest BCUT2D eigenvalue weighted by atomic mass is 9.88. The minimum Gasteiger partial charge on any atom is -0.343 e. The van der Waals surface area contributed by atoms with Gasteiger partial charge in [0.2, 0.25) is 12.3 Å². The monoisotopic (exact) mass is 576 g/mol. The molecule has 0 radical (unpaired) electrons. The lowest BCUT2D eigenvalue weighted by molar-refractivity contribution is -0.133. The average Bonchev–Trinajstić information content (AvgIpc) is 3.22. The number of piperidine rings is 1. The average molecular weight is 577 g/mol. The van der Waals surface area contributed by atoms with Crippen molar-refractivity contribution in [2.75, 3.05) is 18.4 Å². The van der Waals surface area contributed by atoms with Gasteiger partial charge in [-0.1, -0.05) is 18.2 Å². The molecule has 1 N–H and O–H groups in total. The fraction of sp³-hybridized carbons (Fsp3) is 0.464. The van der Waals surface area contributed by atoms with Gasteiger partial charge < -0.3 is 14.8 Å². The van der Waals surface area contributed by atoms with E-state index in [1.165, 1.54) is 16.7 Å². The standard InChI is InChI=1S/C28H29F5N6O2/c29-22-5-1-3-20(25(22)30)19-7-6-18(27-37-36-23(39(27)15-19)14-28(31,32)33)13-24(41)38-11-8-17(9-12-38)21-4-2-10-34-26(21)35-16-40/h1-5,10,16-19H,6-9,11-15H2,(H,34,35,40). The summed E-state index contributed by atoms with van der Waals surface area (Å²) < 4.78 is 70.0. The number of carbonyl (C=O) groups is 2. The van der Waals surface area contributed by atoms with Gasteiger partial charge in [-0.15, -0.1) is 10.2 Å². The highest BCUT2D eigenvalue weighted by atomic mass is 19.4. The third-order valence-electron chi connectivity index (χ3n) is 8.01. The molecule has 1 saturated heterocycles. The van der Waals surface area contributed by atoms with Crippen molar-refractivity contribution in [2.45, 2.75) is 69.0 Å². The predicted octanol–water partition coefficient (Wildman–Crippen LogP) is 5.08. The number of alkyl halides is 3. The maximum atomic E-state index is 14.7. The Balaban J connectivity index is 1.33. The summed E-state index contributed by atoms with van der Waals surface area (Å²) in [5.41, 5.74) is 0.979. The topological polar surface area (TPSA) is 93.0 Å². The third kappa shape index (κ3) is 6.38. The molecule has 2 aromatic heterocycles. The van der Waals surface area contributed by atoms with Gasteiger partial charge in [0, 0.05) is 44.1 Å². The molecule has 3 aromatic rings. The van der Waals surface area contributed by atoms with E-state index in [4.69, 9.17) is 0 Å². The number of pyridine rings is 1. The van der Waals surface area contributed by atoms with Gasteiger partial charge in [-0.2, -0.15) is 13.2 Å². The minimum absolute atomic E-state index is 0.0119. The van der Waals surface area contributed by atoms with E-state index in [-0.39, 0.29) is 42.0 Å². The number of halogens is 5. The number of anilines is 1. The van der Waals surface area contributed by atoms with Crippen LogP contribution in [0.15, 0.2) is 36.5 Å². The van der Waals surface area contributed by atoms with Gasteiger partial charge >= 0.3 is 6.18 Å². The number of aromatic nitrogens is 4. The van der Waals surface area contributed by atoms with Crippen molar-refractivity contribution in [1.29, 1.82) is 0 Å². The second kappa shape index (κ2) is 11.9.